The van der Waals surface area contributed by atoms with Crippen LogP contribution < -0.4 is 0 Å². The maximum absolute atomic E-state index is 12.3. The van der Waals surface area contributed by atoms with Gasteiger partial charge in [-0.1, -0.05) is 23.7 Å². The van der Waals surface area contributed by atoms with Gasteiger partial charge in [-0.05, 0) is 35.2 Å². The van der Waals surface area contributed by atoms with E-state index >= 15 is 0 Å². The largest absolute Gasteiger partial charge is 0.465 e. The van der Waals surface area contributed by atoms with Crippen molar-refractivity contribution in [2.45, 2.75) is 0 Å². The van der Waals surface area contributed by atoms with Gasteiger partial charge in [0.1, 0.15) is 5.57 Å². The highest BCUT2D eigenvalue weighted by atomic mass is 35.5. The molecule has 2 rings (SSSR count). The Hall–Kier alpha value is -1.91. The predicted octanol–water partition coefficient (Wildman–Crippen LogP) is 3.84. The Kier molecular flexibility index (Phi) is 4.71. The second-order valence-corrected chi connectivity index (χ2v) is 5.16. The van der Waals surface area contributed by atoms with Gasteiger partial charge in [-0.2, -0.15) is 11.3 Å². The van der Waals surface area contributed by atoms with Crippen LogP contribution in [0, 0.1) is 0 Å². The van der Waals surface area contributed by atoms with Gasteiger partial charge < -0.3 is 4.74 Å². The number of carbonyl (C=O) groups excluding carboxylic acids is 2. The maximum Gasteiger partial charge on any atom is 0.341 e. The van der Waals surface area contributed by atoms with E-state index in [-0.39, 0.29) is 11.4 Å². The molecule has 2 aromatic rings. The van der Waals surface area contributed by atoms with Crippen molar-refractivity contribution < 1.29 is 14.3 Å². The molecule has 0 saturated carbocycles. The Morgan fingerprint density at radius 3 is 2.45 bits per heavy atom. The Balaban J connectivity index is 2.40. The number of carbonyl (C=O) groups is 2. The molecule has 102 valence electrons. The first-order chi connectivity index (χ1) is 9.61. The highest BCUT2D eigenvalue weighted by molar-refractivity contribution is 7.08. The molecule has 0 spiro atoms. The minimum Gasteiger partial charge on any atom is -0.465 e. The second kappa shape index (κ2) is 6.50. The van der Waals surface area contributed by atoms with E-state index in [1.165, 1.54) is 24.5 Å². The van der Waals surface area contributed by atoms with Crippen molar-refractivity contribution in [1.29, 1.82) is 0 Å². The molecule has 3 nitrogen and oxygen atoms in total. The average Bonchev–Trinajstić information content (AvgIpc) is 2.99. The van der Waals surface area contributed by atoms with E-state index in [9.17, 15) is 9.59 Å². The number of methoxy groups -OCH3 is 1. The van der Waals surface area contributed by atoms with Crippen LogP contribution in [0.15, 0.2) is 46.7 Å². The third kappa shape index (κ3) is 3.35. The topological polar surface area (TPSA) is 43.4 Å². The molecule has 0 radical (unpaired) electrons. The summed E-state index contributed by atoms with van der Waals surface area (Å²) < 4.78 is 4.68. The molecule has 0 N–H and O–H groups in total. The monoisotopic (exact) mass is 306 g/mol. The van der Waals surface area contributed by atoms with E-state index in [0.717, 1.165) is 0 Å². The summed E-state index contributed by atoms with van der Waals surface area (Å²) in [5, 5.41) is 4.07. The number of Topliss-reactive ketones (excluding diaryl/α,β-unsaturated/α-hetero) is 1. The van der Waals surface area contributed by atoms with Crippen LogP contribution in [0.3, 0.4) is 0 Å². The summed E-state index contributed by atoms with van der Waals surface area (Å²) in [5.74, 6) is -1.01. The van der Waals surface area contributed by atoms with Crippen molar-refractivity contribution in [3.8, 4) is 0 Å². The summed E-state index contributed by atoms with van der Waals surface area (Å²) in [5.41, 5.74) is 1.17. The van der Waals surface area contributed by atoms with Crippen molar-refractivity contribution in [3.05, 3.63) is 62.8 Å². The Morgan fingerprint density at radius 2 is 1.90 bits per heavy atom. The van der Waals surface area contributed by atoms with Crippen LogP contribution in [-0.4, -0.2) is 18.9 Å². The Labute approximate surface area is 125 Å². The first-order valence-corrected chi connectivity index (χ1v) is 7.06. The normalized spacial score (nSPS) is 11.2. The molecule has 0 aliphatic carbocycles. The molecule has 1 heterocycles. The minimum absolute atomic E-state index is 0.00628. The molecule has 5 heteroatoms. The van der Waals surface area contributed by atoms with Crippen LogP contribution in [0.4, 0.5) is 0 Å². The lowest BCUT2D eigenvalue weighted by molar-refractivity contribution is -0.135. The average molecular weight is 307 g/mol. The van der Waals surface area contributed by atoms with Crippen LogP contribution in [-0.2, 0) is 9.53 Å². The summed E-state index contributed by atoms with van der Waals surface area (Å²) in [6.45, 7) is 0. The van der Waals surface area contributed by atoms with Crippen LogP contribution >= 0.6 is 22.9 Å². The molecule has 0 unspecified atom stereocenters. The molecular formula is C15H11ClO3S. The molecular weight excluding hydrogens is 296 g/mol. The number of esters is 1. The van der Waals surface area contributed by atoms with Crippen molar-refractivity contribution >= 4 is 40.8 Å². The fourth-order valence-electron chi connectivity index (χ4n) is 1.60. The lowest BCUT2D eigenvalue weighted by atomic mass is 10.0. The number of rotatable bonds is 4. The highest BCUT2D eigenvalue weighted by Crippen LogP contribution is 2.18. The lowest BCUT2D eigenvalue weighted by Crippen LogP contribution is -2.14. The van der Waals surface area contributed by atoms with Gasteiger partial charge in [-0.25, -0.2) is 4.79 Å². The molecule has 0 atom stereocenters. The van der Waals surface area contributed by atoms with E-state index in [4.69, 9.17) is 11.6 Å². The fraction of sp³-hybridized carbons (Fsp3) is 0.0667. The van der Waals surface area contributed by atoms with Gasteiger partial charge in [-0.3, -0.25) is 4.79 Å². The van der Waals surface area contributed by atoms with Gasteiger partial charge >= 0.3 is 5.97 Å². The number of hydrogen-bond acceptors (Lipinski definition) is 4. The molecule has 0 fully saturated rings. The highest BCUT2D eigenvalue weighted by Gasteiger charge is 2.20. The third-order valence-corrected chi connectivity index (χ3v) is 3.55. The summed E-state index contributed by atoms with van der Waals surface area (Å²) in [4.78, 5) is 24.1. The number of ketones is 1. The SMILES string of the molecule is COC(=O)/C(=C\c1ccc(Cl)cc1)C(=O)c1ccsc1. The molecule has 1 aromatic heterocycles. The van der Waals surface area contributed by atoms with E-state index in [1.807, 2.05) is 0 Å². The first kappa shape index (κ1) is 14.5. The van der Waals surface area contributed by atoms with Crippen LogP contribution in [0.5, 0.6) is 0 Å². The maximum atomic E-state index is 12.3. The molecule has 0 bridgehead atoms. The predicted molar refractivity (Wildman–Crippen MR) is 80.1 cm³/mol. The summed E-state index contributed by atoms with van der Waals surface area (Å²) in [6, 6.07) is 8.51. The van der Waals surface area contributed by atoms with Gasteiger partial charge in [0.15, 0.2) is 0 Å². The van der Waals surface area contributed by atoms with Crippen molar-refractivity contribution in [2.75, 3.05) is 7.11 Å². The number of thiophene rings is 1. The molecule has 1 aromatic carbocycles. The quantitative estimate of drug-likeness (QED) is 0.283. The molecule has 0 saturated heterocycles. The smallest absolute Gasteiger partial charge is 0.341 e. The van der Waals surface area contributed by atoms with E-state index in [0.29, 0.717) is 16.1 Å². The summed E-state index contributed by atoms with van der Waals surface area (Å²) in [6.07, 6.45) is 1.50. The van der Waals surface area contributed by atoms with Crippen LogP contribution in [0.1, 0.15) is 15.9 Å². The van der Waals surface area contributed by atoms with Gasteiger partial charge in [0, 0.05) is 16.0 Å². The zero-order chi connectivity index (χ0) is 14.5. The molecule has 20 heavy (non-hydrogen) atoms. The fourth-order valence-corrected chi connectivity index (χ4v) is 2.36. The number of halogens is 1. The van der Waals surface area contributed by atoms with Gasteiger partial charge in [0.05, 0.1) is 7.11 Å². The van der Waals surface area contributed by atoms with Crippen molar-refractivity contribution in [3.63, 3.8) is 0 Å². The zero-order valence-corrected chi connectivity index (χ0v) is 12.2. The van der Waals surface area contributed by atoms with Gasteiger partial charge in [-0.15, -0.1) is 0 Å². The summed E-state index contributed by atoms with van der Waals surface area (Å²) in [7, 11) is 1.25. The number of benzene rings is 1. The molecule has 0 aliphatic heterocycles. The van der Waals surface area contributed by atoms with Crippen molar-refractivity contribution in [1.82, 2.24) is 0 Å². The Bertz CT molecular complexity index is 642. The first-order valence-electron chi connectivity index (χ1n) is 5.74. The number of hydrogen-bond donors (Lipinski definition) is 0. The zero-order valence-electron chi connectivity index (χ0n) is 10.6. The number of ether oxygens (including phenoxy) is 1. The van der Waals surface area contributed by atoms with E-state index in [1.54, 1.807) is 41.1 Å². The van der Waals surface area contributed by atoms with Gasteiger partial charge in [0.25, 0.3) is 0 Å². The summed E-state index contributed by atoms with van der Waals surface area (Å²) >= 11 is 7.20. The lowest BCUT2D eigenvalue weighted by Gasteiger charge is -2.04. The van der Waals surface area contributed by atoms with E-state index in [2.05, 4.69) is 4.74 Å². The molecule has 0 aliphatic rings. The van der Waals surface area contributed by atoms with Gasteiger partial charge in [0.2, 0.25) is 5.78 Å². The van der Waals surface area contributed by atoms with Crippen LogP contribution in [0.25, 0.3) is 6.08 Å². The van der Waals surface area contributed by atoms with Crippen LogP contribution in [0.2, 0.25) is 5.02 Å². The standard InChI is InChI=1S/C15H11ClO3S/c1-19-15(18)13(14(17)11-6-7-20-9-11)8-10-2-4-12(16)5-3-10/h2-9H,1H3/b13-8-. The second-order valence-electron chi connectivity index (χ2n) is 3.94. The minimum atomic E-state index is -0.656. The molecule has 0 amide bonds. The van der Waals surface area contributed by atoms with E-state index < -0.39 is 5.97 Å². The van der Waals surface area contributed by atoms with Crippen molar-refractivity contribution in [2.24, 2.45) is 0 Å². The third-order valence-electron chi connectivity index (χ3n) is 2.61. The Morgan fingerprint density at radius 1 is 1.20 bits per heavy atom.